The van der Waals surface area contributed by atoms with Crippen LogP contribution in [0.1, 0.15) is 60.3 Å². The number of ether oxygens (including phenoxy) is 1. The average molecular weight is 308 g/mol. The van der Waals surface area contributed by atoms with E-state index in [1.165, 1.54) is 12.8 Å². The van der Waals surface area contributed by atoms with Crippen LogP contribution in [0.2, 0.25) is 0 Å². The highest BCUT2D eigenvalue weighted by atomic mass is 35.5. The molecular weight excluding hydrogens is 274 g/mol. The number of halogens is 1. The van der Waals surface area contributed by atoms with Gasteiger partial charge in [0.1, 0.15) is 0 Å². The van der Waals surface area contributed by atoms with Gasteiger partial charge >= 0.3 is 0 Å². The van der Waals surface area contributed by atoms with E-state index in [2.05, 4.69) is 39.9 Å². The Morgan fingerprint density at radius 1 is 1.15 bits per heavy atom. The van der Waals surface area contributed by atoms with E-state index >= 15 is 0 Å². The van der Waals surface area contributed by atoms with Crippen LogP contribution in [0.25, 0.3) is 0 Å². The predicted octanol–water partition coefficient (Wildman–Crippen LogP) is 3.39. The van der Waals surface area contributed by atoms with Crippen molar-refractivity contribution >= 4 is 12.4 Å². The van der Waals surface area contributed by atoms with Gasteiger partial charge in [-0.3, -0.25) is 0 Å². The Morgan fingerprint density at radius 3 is 2.15 bits per heavy atom. The van der Waals surface area contributed by atoms with Crippen LogP contribution in [0.15, 0.2) is 0 Å². The molecule has 1 aliphatic rings. The van der Waals surface area contributed by atoms with Gasteiger partial charge in [-0.25, -0.2) is 0 Å². The van der Waals surface area contributed by atoms with Crippen molar-refractivity contribution in [1.29, 1.82) is 0 Å². The first kappa shape index (κ1) is 20.2. The van der Waals surface area contributed by atoms with Gasteiger partial charge < -0.3 is 15.2 Å². The van der Waals surface area contributed by atoms with E-state index in [1.807, 2.05) is 0 Å². The summed E-state index contributed by atoms with van der Waals surface area (Å²) in [5.74, 6) is 0.819. The molecule has 1 saturated carbocycles. The largest absolute Gasteiger partial charge is 0.389 e. The average Bonchev–Trinajstić information content (AvgIpc) is 2.33. The second-order valence-electron chi connectivity index (χ2n) is 7.39. The molecule has 0 aromatic rings. The van der Waals surface area contributed by atoms with Gasteiger partial charge in [-0.2, -0.15) is 0 Å². The smallest absolute Gasteiger partial charge is 0.0897 e. The lowest BCUT2D eigenvalue weighted by Crippen LogP contribution is -2.36. The lowest BCUT2D eigenvalue weighted by molar-refractivity contribution is -0.0364. The molecule has 122 valence electrons. The van der Waals surface area contributed by atoms with Crippen molar-refractivity contribution in [2.24, 2.45) is 11.3 Å². The van der Waals surface area contributed by atoms with E-state index in [9.17, 15) is 5.11 Å². The van der Waals surface area contributed by atoms with Crippen LogP contribution in [0.3, 0.4) is 0 Å². The summed E-state index contributed by atoms with van der Waals surface area (Å²) in [7, 11) is 0. The van der Waals surface area contributed by atoms with Crippen molar-refractivity contribution in [3.63, 3.8) is 0 Å². The minimum Gasteiger partial charge on any atom is -0.389 e. The maximum atomic E-state index is 9.82. The van der Waals surface area contributed by atoms with Crippen molar-refractivity contribution in [3.8, 4) is 0 Å². The van der Waals surface area contributed by atoms with Gasteiger partial charge in [0, 0.05) is 12.6 Å². The van der Waals surface area contributed by atoms with Crippen molar-refractivity contribution in [1.82, 2.24) is 5.32 Å². The third-order valence-electron chi connectivity index (χ3n) is 4.18. The first-order valence-electron chi connectivity index (χ1n) is 7.82. The van der Waals surface area contributed by atoms with Crippen molar-refractivity contribution < 1.29 is 9.84 Å². The molecule has 0 saturated heterocycles. The second kappa shape index (κ2) is 9.24. The highest BCUT2D eigenvalue weighted by Crippen LogP contribution is 2.38. The Morgan fingerprint density at radius 2 is 1.70 bits per heavy atom. The maximum absolute atomic E-state index is 9.82. The molecule has 0 spiro atoms. The molecule has 1 atom stereocenters. The molecule has 3 nitrogen and oxygen atoms in total. The first-order valence-corrected chi connectivity index (χ1v) is 7.82. The van der Waals surface area contributed by atoms with E-state index in [0.29, 0.717) is 30.7 Å². The monoisotopic (exact) mass is 307 g/mol. The zero-order valence-corrected chi connectivity index (χ0v) is 14.6. The summed E-state index contributed by atoms with van der Waals surface area (Å²) in [6, 6.07) is 0.414. The van der Waals surface area contributed by atoms with Crippen molar-refractivity contribution in [2.75, 3.05) is 13.2 Å². The van der Waals surface area contributed by atoms with E-state index in [-0.39, 0.29) is 18.5 Å². The standard InChI is InChI=1S/C16H33NO2.ClH/c1-12(2)17-10-14(18)11-19-15-8-6-13(7-9-15)16(3,4)5;/h12-15,17-18H,6-11H2,1-5H3;1H. The molecule has 2 N–H and O–H groups in total. The molecule has 4 heteroatoms. The van der Waals surface area contributed by atoms with Gasteiger partial charge in [-0.05, 0) is 37.0 Å². The molecule has 1 rings (SSSR count). The summed E-state index contributed by atoms with van der Waals surface area (Å²) >= 11 is 0. The molecule has 0 amide bonds. The van der Waals surface area contributed by atoms with Gasteiger partial charge in [0.05, 0.1) is 18.8 Å². The first-order chi connectivity index (χ1) is 8.79. The summed E-state index contributed by atoms with van der Waals surface area (Å²) < 4.78 is 5.85. The van der Waals surface area contributed by atoms with Crippen LogP contribution < -0.4 is 5.32 Å². The fraction of sp³-hybridized carbons (Fsp3) is 1.00. The number of hydrogen-bond acceptors (Lipinski definition) is 3. The minimum absolute atomic E-state index is 0. The molecule has 20 heavy (non-hydrogen) atoms. The zero-order valence-electron chi connectivity index (χ0n) is 13.8. The predicted molar refractivity (Wildman–Crippen MR) is 87.5 cm³/mol. The van der Waals surface area contributed by atoms with E-state index in [1.54, 1.807) is 0 Å². The molecule has 1 unspecified atom stereocenters. The second-order valence-corrected chi connectivity index (χ2v) is 7.39. The normalized spacial score (nSPS) is 25.4. The van der Waals surface area contributed by atoms with Crippen LogP contribution in [0.4, 0.5) is 0 Å². The van der Waals surface area contributed by atoms with Crippen LogP contribution in [-0.2, 0) is 4.74 Å². The molecule has 0 aromatic heterocycles. The van der Waals surface area contributed by atoms with Gasteiger partial charge in [-0.15, -0.1) is 12.4 Å². The summed E-state index contributed by atoms with van der Waals surface area (Å²) in [6.45, 7) is 12.3. The molecule has 0 radical (unpaired) electrons. The molecule has 0 aromatic carbocycles. The lowest BCUT2D eigenvalue weighted by Gasteiger charge is -2.37. The molecule has 0 bridgehead atoms. The zero-order chi connectivity index (χ0) is 14.5. The molecule has 1 aliphatic carbocycles. The van der Waals surface area contributed by atoms with E-state index in [0.717, 1.165) is 18.8 Å². The number of hydrogen-bond donors (Lipinski definition) is 2. The Kier molecular flexibility index (Phi) is 9.32. The summed E-state index contributed by atoms with van der Waals surface area (Å²) in [4.78, 5) is 0. The number of nitrogens with one attached hydrogen (secondary N) is 1. The SMILES string of the molecule is CC(C)NCC(O)COC1CCC(C(C)(C)C)CC1.Cl. The van der Waals surface area contributed by atoms with Gasteiger partial charge in [-0.1, -0.05) is 34.6 Å². The van der Waals surface area contributed by atoms with Gasteiger partial charge in [0.25, 0.3) is 0 Å². The van der Waals surface area contributed by atoms with Crippen molar-refractivity contribution in [2.45, 2.75) is 78.6 Å². The molecule has 0 aliphatic heterocycles. The number of aliphatic hydroxyl groups excluding tert-OH is 1. The minimum atomic E-state index is -0.386. The number of rotatable bonds is 6. The topological polar surface area (TPSA) is 41.5 Å². The van der Waals surface area contributed by atoms with Crippen LogP contribution in [0, 0.1) is 11.3 Å². The van der Waals surface area contributed by atoms with Gasteiger partial charge in [0.15, 0.2) is 0 Å². The molecule has 1 fully saturated rings. The van der Waals surface area contributed by atoms with E-state index in [4.69, 9.17) is 4.74 Å². The highest BCUT2D eigenvalue weighted by molar-refractivity contribution is 5.85. The summed E-state index contributed by atoms with van der Waals surface area (Å²) in [5, 5.41) is 13.1. The number of aliphatic hydroxyl groups is 1. The van der Waals surface area contributed by atoms with Crippen LogP contribution in [0.5, 0.6) is 0 Å². The highest BCUT2D eigenvalue weighted by Gasteiger charge is 2.30. The van der Waals surface area contributed by atoms with Gasteiger partial charge in [0.2, 0.25) is 0 Å². The third kappa shape index (κ3) is 7.82. The van der Waals surface area contributed by atoms with Crippen LogP contribution >= 0.6 is 12.4 Å². The molecular formula is C16H34ClNO2. The third-order valence-corrected chi connectivity index (χ3v) is 4.18. The Bertz CT molecular complexity index is 245. The van der Waals surface area contributed by atoms with E-state index < -0.39 is 0 Å². The van der Waals surface area contributed by atoms with Crippen LogP contribution in [-0.4, -0.2) is 36.5 Å². The maximum Gasteiger partial charge on any atom is 0.0897 e. The fourth-order valence-electron chi connectivity index (χ4n) is 2.77. The fourth-order valence-corrected chi connectivity index (χ4v) is 2.77. The quantitative estimate of drug-likeness (QED) is 0.790. The summed E-state index contributed by atoms with van der Waals surface area (Å²) in [6.07, 6.45) is 4.77. The summed E-state index contributed by atoms with van der Waals surface area (Å²) in [5.41, 5.74) is 0.422. The molecule has 0 heterocycles. The lowest BCUT2D eigenvalue weighted by atomic mass is 9.72. The Balaban J connectivity index is 0.00000361. The van der Waals surface area contributed by atoms with Crippen molar-refractivity contribution in [3.05, 3.63) is 0 Å². The Hall–Kier alpha value is 0.170. The Labute approximate surface area is 131 Å².